The minimum absolute atomic E-state index is 0.223. The van der Waals surface area contributed by atoms with E-state index in [1.165, 1.54) is 0 Å². The van der Waals surface area contributed by atoms with Crippen LogP contribution in [-0.4, -0.2) is 15.5 Å². The van der Waals surface area contributed by atoms with E-state index < -0.39 is 5.54 Å². The molecule has 1 unspecified atom stereocenters. The predicted molar refractivity (Wildman–Crippen MR) is 94.6 cm³/mol. The number of rotatable bonds is 6. The van der Waals surface area contributed by atoms with E-state index in [2.05, 4.69) is 44.6 Å². The summed E-state index contributed by atoms with van der Waals surface area (Å²) in [4.78, 5) is 16.8. The molecule has 0 aliphatic heterocycles. The first-order valence-electron chi connectivity index (χ1n) is 7.64. The summed E-state index contributed by atoms with van der Waals surface area (Å²) in [5.41, 5.74) is 5.92. The van der Waals surface area contributed by atoms with Crippen LogP contribution in [-0.2, 0) is 23.4 Å². The number of nitrogens with zero attached hydrogens (tertiary/aromatic N) is 2. The second kappa shape index (κ2) is 7.27. The standard InChI is InChI=1S/C17H23BrN4O/c1-12(2)11-22-9-8-20-15(22)10-21-16(23)17(3,19)13-4-6-14(18)7-5-13/h4-9,12H,10-11,19H2,1-3H3,(H,21,23). The Bertz CT molecular complexity index is 661. The molecule has 0 bridgehead atoms. The highest BCUT2D eigenvalue weighted by Gasteiger charge is 2.30. The van der Waals surface area contributed by atoms with Gasteiger partial charge in [0.25, 0.3) is 0 Å². The zero-order chi connectivity index (χ0) is 17.0. The first-order chi connectivity index (χ1) is 10.8. The molecular formula is C17H23BrN4O. The molecule has 6 heteroatoms. The van der Waals surface area contributed by atoms with Crippen LogP contribution in [0.5, 0.6) is 0 Å². The van der Waals surface area contributed by atoms with Crippen LogP contribution < -0.4 is 11.1 Å². The maximum atomic E-state index is 12.5. The van der Waals surface area contributed by atoms with Crippen LogP contribution in [0.1, 0.15) is 32.2 Å². The van der Waals surface area contributed by atoms with Gasteiger partial charge in [-0.05, 0) is 30.5 Å². The number of amides is 1. The number of hydrogen-bond donors (Lipinski definition) is 2. The van der Waals surface area contributed by atoms with Crippen LogP contribution in [0.3, 0.4) is 0 Å². The third kappa shape index (κ3) is 4.42. The Morgan fingerprint density at radius 1 is 1.39 bits per heavy atom. The van der Waals surface area contributed by atoms with Crippen molar-refractivity contribution in [2.45, 2.75) is 39.4 Å². The smallest absolute Gasteiger partial charge is 0.244 e. The van der Waals surface area contributed by atoms with E-state index in [9.17, 15) is 4.79 Å². The minimum atomic E-state index is -1.09. The highest BCUT2D eigenvalue weighted by molar-refractivity contribution is 9.10. The average Bonchev–Trinajstić information content (AvgIpc) is 2.91. The second-order valence-electron chi connectivity index (χ2n) is 6.28. The molecule has 1 heterocycles. The summed E-state index contributed by atoms with van der Waals surface area (Å²) >= 11 is 3.38. The van der Waals surface area contributed by atoms with Crippen molar-refractivity contribution in [1.29, 1.82) is 0 Å². The lowest BCUT2D eigenvalue weighted by molar-refractivity contribution is -0.126. The molecule has 5 nitrogen and oxygen atoms in total. The van der Waals surface area contributed by atoms with Crippen LogP contribution in [0.25, 0.3) is 0 Å². The molecule has 23 heavy (non-hydrogen) atoms. The van der Waals surface area contributed by atoms with Gasteiger partial charge >= 0.3 is 0 Å². The summed E-state index contributed by atoms with van der Waals surface area (Å²) in [6.07, 6.45) is 3.68. The largest absolute Gasteiger partial charge is 0.347 e. The molecule has 2 rings (SSSR count). The number of nitrogens with one attached hydrogen (secondary N) is 1. The Morgan fingerprint density at radius 3 is 2.65 bits per heavy atom. The molecule has 0 aliphatic carbocycles. The van der Waals surface area contributed by atoms with E-state index in [1.807, 2.05) is 30.5 Å². The number of halogens is 1. The van der Waals surface area contributed by atoms with Crippen molar-refractivity contribution in [2.75, 3.05) is 0 Å². The number of carbonyl (C=O) groups excluding carboxylic acids is 1. The number of aromatic nitrogens is 2. The lowest BCUT2D eigenvalue weighted by Crippen LogP contribution is -2.48. The van der Waals surface area contributed by atoms with Gasteiger partial charge in [-0.25, -0.2) is 4.98 Å². The van der Waals surface area contributed by atoms with Gasteiger partial charge in [0.1, 0.15) is 11.4 Å². The summed E-state index contributed by atoms with van der Waals surface area (Å²) in [7, 11) is 0. The zero-order valence-electron chi connectivity index (χ0n) is 13.7. The lowest BCUT2D eigenvalue weighted by Gasteiger charge is -2.24. The summed E-state index contributed by atoms with van der Waals surface area (Å²) in [5.74, 6) is 1.12. The lowest BCUT2D eigenvalue weighted by atomic mass is 9.92. The Kier molecular flexibility index (Phi) is 5.59. The molecule has 1 atom stereocenters. The number of nitrogens with two attached hydrogens (primary N) is 1. The van der Waals surface area contributed by atoms with E-state index >= 15 is 0 Å². The zero-order valence-corrected chi connectivity index (χ0v) is 15.3. The second-order valence-corrected chi connectivity index (χ2v) is 7.20. The maximum absolute atomic E-state index is 12.5. The molecule has 0 radical (unpaired) electrons. The molecule has 3 N–H and O–H groups in total. The third-order valence-electron chi connectivity index (χ3n) is 3.69. The van der Waals surface area contributed by atoms with Gasteiger partial charge < -0.3 is 15.6 Å². The minimum Gasteiger partial charge on any atom is -0.347 e. The highest BCUT2D eigenvalue weighted by atomic mass is 79.9. The Morgan fingerprint density at radius 2 is 2.04 bits per heavy atom. The molecule has 0 saturated heterocycles. The average molecular weight is 379 g/mol. The van der Waals surface area contributed by atoms with E-state index in [-0.39, 0.29) is 5.91 Å². The Labute approximate surface area is 145 Å². The van der Waals surface area contributed by atoms with E-state index in [1.54, 1.807) is 13.1 Å². The van der Waals surface area contributed by atoms with E-state index in [0.717, 1.165) is 22.4 Å². The maximum Gasteiger partial charge on any atom is 0.244 e. The molecule has 1 amide bonds. The van der Waals surface area contributed by atoms with Crippen molar-refractivity contribution in [2.24, 2.45) is 11.7 Å². The molecule has 0 aliphatic rings. The summed E-state index contributed by atoms with van der Waals surface area (Å²) in [6.45, 7) is 7.24. The van der Waals surface area contributed by atoms with Crippen LogP contribution in [0, 0.1) is 5.92 Å². The number of carbonyl (C=O) groups is 1. The summed E-state index contributed by atoms with van der Waals surface area (Å²) in [5, 5.41) is 2.89. The van der Waals surface area contributed by atoms with Crippen molar-refractivity contribution >= 4 is 21.8 Å². The molecule has 0 spiro atoms. The Hall–Kier alpha value is -1.66. The first-order valence-corrected chi connectivity index (χ1v) is 8.43. The van der Waals surface area contributed by atoms with Crippen molar-refractivity contribution in [3.8, 4) is 0 Å². The van der Waals surface area contributed by atoms with Gasteiger partial charge in [0.2, 0.25) is 5.91 Å². The van der Waals surface area contributed by atoms with Gasteiger partial charge in [0, 0.05) is 23.4 Å². The SMILES string of the molecule is CC(C)Cn1ccnc1CNC(=O)C(C)(N)c1ccc(Br)cc1. The van der Waals surface area contributed by atoms with Gasteiger partial charge in [-0.1, -0.05) is 41.9 Å². The summed E-state index contributed by atoms with van der Waals surface area (Å²) in [6, 6.07) is 7.46. The molecule has 0 saturated carbocycles. The van der Waals surface area contributed by atoms with Gasteiger partial charge in [-0.2, -0.15) is 0 Å². The molecule has 124 valence electrons. The molecule has 0 fully saturated rings. The monoisotopic (exact) mass is 378 g/mol. The number of hydrogen-bond acceptors (Lipinski definition) is 3. The van der Waals surface area contributed by atoms with Crippen LogP contribution in [0.2, 0.25) is 0 Å². The molecular weight excluding hydrogens is 356 g/mol. The molecule has 1 aromatic heterocycles. The van der Waals surface area contributed by atoms with Crippen LogP contribution in [0.4, 0.5) is 0 Å². The quantitative estimate of drug-likeness (QED) is 0.811. The van der Waals surface area contributed by atoms with Crippen LogP contribution >= 0.6 is 15.9 Å². The van der Waals surface area contributed by atoms with E-state index in [0.29, 0.717) is 12.5 Å². The topological polar surface area (TPSA) is 72.9 Å². The van der Waals surface area contributed by atoms with Gasteiger partial charge in [0.15, 0.2) is 0 Å². The van der Waals surface area contributed by atoms with Crippen molar-refractivity contribution in [3.05, 3.63) is 52.5 Å². The fourth-order valence-electron chi connectivity index (χ4n) is 2.34. The van der Waals surface area contributed by atoms with Gasteiger partial charge in [0.05, 0.1) is 6.54 Å². The number of imidazole rings is 1. The molecule has 2 aromatic rings. The Balaban J connectivity index is 2.04. The van der Waals surface area contributed by atoms with Gasteiger partial charge in [-0.3, -0.25) is 4.79 Å². The third-order valence-corrected chi connectivity index (χ3v) is 4.21. The van der Waals surface area contributed by atoms with Crippen molar-refractivity contribution in [1.82, 2.24) is 14.9 Å². The normalized spacial score (nSPS) is 13.8. The summed E-state index contributed by atoms with van der Waals surface area (Å²) < 4.78 is 3.01. The van der Waals surface area contributed by atoms with Crippen LogP contribution in [0.15, 0.2) is 41.1 Å². The highest BCUT2D eigenvalue weighted by Crippen LogP contribution is 2.20. The van der Waals surface area contributed by atoms with Crippen molar-refractivity contribution in [3.63, 3.8) is 0 Å². The fraction of sp³-hybridized carbons (Fsp3) is 0.412. The first kappa shape index (κ1) is 17.7. The van der Waals surface area contributed by atoms with Gasteiger partial charge in [-0.15, -0.1) is 0 Å². The predicted octanol–water partition coefficient (Wildman–Crippen LogP) is 2.79. The molecule has 1 aromatic carbocycles. The van der Waals surface area contributed by atoms with Crippen molar-refractivity contribution < 1.29 is 4.79 Å². The van der Waals surface area contributed by atoms with E-state index in [4.69, 9.17) is 5.73 Å². The number of benzene rings is 1. The fourth-order valence-corrected chi connectivity index (χ4v) is 2.60.